The summed E-state index contributed by atoms with van der Waals surface area (Å²) in [6, 6.07) is 0. The van der Waals surface area contributed by atoms with E-state index in [1.165, 1.54) is 14.1 Å². The minimum Gasteiger partial charge on any atom is -0.477 e. The van der Waals surface area contributed by atoms with E-state index in [0.29, 0.717) is 0 Å². The predicted molar refractivity (Wildman–Crippen MR) is 76.5 cm³/mol. The molecule has 0 radical (unpaired) electrons. The van der Waals surface area contributed by atoms with Crippen LogP contribution in [0.2, 0.25) is 0 Å². The Bertz CT molecular complexity index is 573. The lowest BCUT2D eigenvalue weighted by Gasteiger charge is -2.29. The molecule has 0 atom stereocenters. The minimum absolute atomic E-state index is 0.0210. The number of rotatable bonds is 10. The first-order chi connectivity index (χ1) is 11.3. The Labute approximate surface area is 145 Å². The third kappa shape index (κ3) is 7.61. The lowest BCUT2D eigenvalue weighted by Crippen LogP contribution is -2.54. The number of carboxylic acids is 1. The fraction of sp³-hybridized carbons (Fsp3) is 0.917. The van der Waals surface area contributed by atoms with Gasteiger partial charge in [0.25, 0.3) is 5.67 Å². The first-order valence-electron chi connectivity index (χ1n) is 7.16. The Morgan fingerprint density at radius 2 is 1.50 bits per heavy atom. The number of carboxylic acid groups (broad SMARTS) is 1. The van der Waals surface area contributed by atoms with Gasteiger partial charge in [-0.3, -0.25) is 0 Å². The second-order valence-corrected chi connectivity index (χ2v) is 8.25. The van der Waals surface area contributed by atoms with Crippen molar-refractivity contribution in [2.24, 2.45) is 0 Å². The van der Waals surface area contributed by atoms with Crippen molar-refractivity contribution in [3.05, 3.63) is 0 Å². The summed E-state index contributed by atoms with van der Waals surface area (Å²) < 4.78 is 112. The van der Waals surface area contributed by atoms with Crippen LogP contribution in [0.25, 0.3) is 0 Å². The van der Waals surface area contributed by atoms with E-state index in [1.54, 1.807) is 4.72 Å². The molecule has 0 aliphatic carbocycles. The van der Waals surface area contributed by atoms with Crippen molar-refractivity contribution in [3.8, 4) is 0 Å². The number of nitrogens with one attached hydrogen (secondary N) is 1. The molecular formula is C12H20F7N2O4S+. The van der Waals surface area contributed by atoms with Crippen LogP contribution in [0.4, 0.5) is 30.7 Å². The molecule has 6 nitrogen and oxygen atoms in total. The van der Waals surface area contributed by atoms with Gasteiger partial charge in [-0.05, 0) is 0 Å². The molecule has 0 bridgehead atoms. The van der Waals surface area contributed by atoms with E-state index in [2.05, 4.69) is 0 Å². The largest absolute Gasteiger partial charge is 0.477 e. The number of likely N-dealkylation sites (N-methyl/N-ethyl adjacent to an activating group) is 1. The molecule has 0 spiro atoms. The van der Waals surface area contributed by atoms with Crippen LogP contribution in [0, 0.1) is 0 Å². The fourth-order valence-electron chi connectivity index (χ4n) is 1.97. The Kier molecular flexibility index (Phi) is 7.89. The second kappa shape index (κ2) is 8.25. The molecule has 14 heteroatoms. The van der Waals surface area contributed by atoms with Crippen LogP contribution < -0.4 is 4.72 Å². The van der Waals surface area contributed by atoms with Crippen molar-refractivity contribution in [1.82, 2.24) is 4.72 Å². The van der Waals surface area contributed by atoms with Gasteiger partial charge in [-0.15, -0.1) is 0 Å². The molecular weight excluding hydrogens is 401 g/mol. The van der Waals surface area contributed by atoms with Gasteiger partial charge in [0.2, 0.25) is 10.0 Å². The summed E-state index contributed by atoms with van der Waals surface area (Å²) in [5.41, 5.74) is -5.63. The average Bonchev–Trinajstić information content (AvgIpc) is 2.37. The maximum absolute atomic E-state index is 13.4. The summed E-state index contributed by atoms with van der Waals surface area (Å²) in [6.07, 6.45) is -14.9. The van der Waals surface area contributed by atoms with E-state index in [4.69, 9.17) is 5.11 Å². The van der Waals surface area contributed by atoms with E-state index in [-0.39, 0.29) is 30.5 Å². The Balaban J connectivity index is 4.70. The number of aliphatic carboxylic acids is 1. The minimum atomic E-state index is -6.31. The molecule has 156 valence electrons. The van der Waals surface area contributed by atoms with Gasteiger partial charge in [-0.25, -0.2) is 22.3 Å². The lowest BCUT2D eigenvalue weighted by molar-refractivity contribution is -0.883. The molecule has 0 rings (SSSR count). The number of alkyl halides is 7. The van der Waals surface area contributed by atoms with Crippen molar-refractivity contribution in [2.75, 3.05) is 39.5 Å². The van der Waals surface area contributed by atoms with Crippen LogP contribution in [0.5, 0.6) is 0 Å². The molecule has 2 N–H and O–H groups in total. The predicted octanol–water partition coefficient (Wildman–Crippen LogP) is 1.68. The molecule has 26 heavy (non-hydrogen) atoms. The zero-order chi connectivity index (χ0) is 21.0. The van der Waals surface area contributed by atoms with Crippen LogP contribution in [0.15, 0.2) is 0 Å². The summed E-state index contributed by atoms with van der Waals surface area (Å²) in [5.74, 6) is -2.82. The summed E-state index contributed by atoms with van der Waals surface area (Å²) in [6.45, 7) is -0.442. The number of sulfonamides is 1. The summed E-state index contributed by atoms with van der Waals surface area (Å²) in [4.78, 5) is 10.6. The summed E-state index contributed by atoms with van der Waals surface area (Å²) in [7, 11) is -1.52. The van der Waals surface area contributed by atoms with E-state index in [1.807, 2.05) is 0 Å². The number of hydrogen-bond acceptors (Lipinski definition) is 3. The molecule has 0 aromatic carbocycles. The van der Waals surface area contributed by atoms with Gasteiger partial charge in [0, 0.05) is 19.4 Å². The van der Waals surface area contributed by atoms with Gasteiger partial charge >= 0.3 is 18.3 Å². The fourth-order valence-corrected chi connectivity index (χ4v) is 3.12. The number of quaternary nitrogens is 1. The third-order valence-electron chi connectivity index (χ3n) is 3.44. The Morgan fingerprint density at radius 1 is 1.04 bits per heavy atom. The number of nitrogens with zero attached hydrogens (tertiary/aromatic N) is 1. The summed E-state index contributed by atoms with van der Waals surface area (Å²) in [5, 5.41) is 8.67. The molecule has 0 saturated heterocycles. The van der Waals surface area contributed by atoms with Gasteiger partial charge in [-0.1, -0.05) is 0 Å². The van der Waals surface area contributed by atoms with Crippen molar-refractivity contribution in [2.45, 2.75) is 30.9 Å². The van der Waals surface area contributed by atoms with Crippen molar-refractivity contribution in [1.29, 1.82) is 0 Å². The molecule has 0 aliphatic rings. The molecule has 0 amide bonds. The van der Waals surface area contributed by atoms with Crippen molar-refractivity contribution in [3.63, 3.8) is 0 Å². The maximum atomic E-state index is 13.4. The maximum Gasteiger partial charge on any atom is 0.431 e. The van der Waals surface area contributed by atoms with Crippen LogP contribution >= 0.6 is 0 Å². The highest BCUT2D eigenvalue weighted by Gasteiger charge is 2.72. The molecule has 0 aromatic rings. The van der Waals surface area contributed by atoms with Gasteiger partial charge in [0.1, 0.15) is 0 Å². The molecule has 0 saturated carbocycles. The topological polar surface area (TPSA) is 83.5 Å². The SMILES string of the molecule is C[N+](C)(CCCNS(=O)(=O)CCC(F)(C(F)(F)F)C(F)(F)F)CC(=O)O. The summed E-state index contributed by atoms with van der Waals surface area (Å²) >= 11 is 0. The lowest BCUT2D eigenvalue weighted by atomic mass is 10.0. The molecule has 0 aliphatic heterocycles. The van der Waals surface area contributed by atoms with Crippen molar-refractivity contribution >= 4 is 16.0 Å². The first kappa shape index (κ1) is 24.8. The Hall–Kier alpha value is -1.15. The van der Waals surface area contributed by atoms with Gasteiger partial charge in [0.05, 0.1) is 26.4 Å². The highest BCUT2D eigenvalue weighted by molar-refractivity contribution is 7.89. The van der Waals surface area contributed by atoms with Gasteiger partial charge in [-0.2, -0.15) is 26.3 Å². The van der Waals surface area contributed by atoms with Crippen LogP contribution in [-0.2, 0) is 14.8 Å². The molecule has 0 heterocycles. The number of carbonyl (C=O) groups is 1. The van der Waals surface area contributed by atoms with E-state index < -0.39 is 46.2 Å². The molecule has 0 aromatic heterocycles. The number of halogens is 7. The quantitative estimate of drug-likeness (QED) is 0.320. The van der Waals surface area contributed by atoms with Gasteiger partial charge < -0.3 is 9.59 Å². The van der Waals surface area contributed by atoms with Crippen LogP contribution in [0.3, 0.4) is 0 Å². The van der Waals surface area contributed by atoms with E-state index in [9.17, 15) is 43.9 Å². The van der Waals surface area contributed by atoms with E-state index >= 15 is 0 Å². The highest BCUT2D eigenvalue weighted by atomic mass is 32.2. The van der Waals surface area contributed by atoms with Crippen LogP contribution in [0.1, 0.15) is 12.8 Å². The van der Waals surface area contributed by atoms with Gasteiger partial charge in [0.15, 0.2) is 6.54 Å². The second-order valence-electron chi connectivity index (χ2n) is 6.32. The zero-order valence-corrected chi connectivity index (χ0v) is 14.7. The monoisotopic (exact) mass is 421 g/mol. The van der Waals surface area contributed by atoms with Crippen LogP contribution in [-0.4, -0.2) is 81.5 Å². The first-order valence-corrected chi connectivity index (χ1v) is 8.82. The van der Waals surface area contributed by atoms with E-state index in [0.717, 1.165) is 0 Å². The standard InChI is InChI=1S/C12H19F7N2O4S/c1-21(2,8-9(22)23)6-3-5-20-26(24,25)7-4-10(13,11(14,15)16)12(17,18)19/h20H,3-8H2,1-2H3/p+1. The number of hydrogen-bond donors (Lipinski definition) is 2. The average molecular weight is 421 g/mol. The molecule has 0 unspecified atom stereocenters. The Morgan fingerprint density at radius 3 is 1.88 bits per heavy atom. The smallest absolute Gasteiger partial charge is 0.431 e. The molecule has 0 fully saturated rings. The van der Waals surface area contributed by atoms with Crippen molar-refractivity contribution < 1.29 is 53.5 Å². The highest BCUT2D eigenvalue weighted by Crippen LogP contribution is 2.48. The normalized spacial score (nSPS) is 14.5. The third-order valence-corrected chi connectivity index (χ3v) is 4.82. The zero-order valence-electron chi connectivity index (χ0n) is 13.9.